The minimum Gasteiger partial charge on any atom is -0.463 e. The number of nitrogen functional groups attached to an aromatic ring is 1. The van der Waals surface area contributed by atoms with Crippen molar-refractivity contribution in [3.63, 3.8) is 0 Å². The molecule has 112 valence electrons. The molecule has 0 radical (unpaired) electrons. The molecule has 21 heavy (non-hydrogen) atoms. The van der Waals surface area contributed by atoms with Gasteiger partial charge in [-0.25, -0.2) is 0 Å². The topological polar surface area (TPSA) is 90.1 Å². The van der Waals surface area contributed by atoms with Gasteiger partial charge in [0, 0.05) is 31.4 Å². The van der Waals surface area contributed by atoms with Gasteiger partial charge < -0.3 is 15.4 Å². The first-order valence-corrected chi connectivity index (χ1v) is 7.02. The predicted molar refractivity (Wildman–Crippen MR) is 81.2 cm³/mol. The smallest absolute Gasteiger partial charge is 0.323 e. The van der Waals surface area contributed by atoms with E-state index in [4.69, 9.17) is 10.5 Å². The van der Waals surface area contributed by atoms with Crippen LogP contribution < -0.4 is 15.4 Å². The largest absolute Gasteiger partial charge is 0.463 e. The fraction of sp³-hybridized carbons (Fsp3) is 0.429. The van der Waals surface area contributed by atoms with Gasteiger partial charge in [-0.15, -0.1) is 0 Å². The summed E-state index contributed by atoms with van der Waals surface area (Å²) in [6.45, 7) is 6.11. The summed E-state index contributed by atoms with van der Waals surface area (Å²) >= 11 is 0. The maximum Gasteiger partial charge on any atom is 0.323 e. The van der Waals surface area contributed by atoms with E-state index in [9.17, 15) is 0 Å². The van der Waals surface area contributed by atoms with Crippen LogP contribution in [0.4, 0.5) is 11.9 Å². The molecule has 2 rings (SSSR count). The van der Waals surface area contributed by atoms with E-state index in [1.165, 1.54) is 0 Å². The fourth-order valence-corrected chi connectivity index (χ4v) is 1.87. The van der Waals surface area contributed by atoms with Crippen molar-refractivity contribution < 1.29 is 4.74 Å². The van der Waals surface area contributed by atoms with Gasteiger partial charge in [0.1, 0.15) is 0 Å². The second kappa shape index (κ2) is 7.37. The zero-order chi connectivity index (χ0) is 15.1. The lowest BCUT2D eigenvalue weighted by Gasteiger charge is -2.18. The summed E-state index contributed by atoms with van der Waals surface area (Å²) in [4.78, 5) is 18.6. The number of hydrogen-bond acceptors (Lipinski definition) is 7. The first-order chi connectivity index (χ1) is 10.2. The Hall–Kier alpha value is -2.44. The molecule has 0 aliphatic carbocycles. The molecule has 0 unspecified atom stereocenters. The third-order valence-electron chi connectivity index (χ3n) is 2.98. The Morgan fingerprint density at radius 2 is 1.95 bits per heavy atom. The lowest BCUT2D eigenvalue weighted by atomic mass is 10.3. The summed E-state index contributed by atoms with van der Waals surface area (Å²) in [5.74, 6) is 0.708. The maximum absolute atomic E-state index is 5.71. The molecule has 0 saturated carbocycles. The molecule has 0 aliphatic rings. The van der Waals surface area contributed by atoms with E-state index in [1.807, 2.05) is 36.9 Å². The quantitative estimate of drug-likeness (QED) is 0.821. The molecule has 0 fully saturated rings. The number of hydrogen-bond donors (Lipinski definition) is 1. The number of pyridine rings is 1. The second-order valence-electron chi connectivity index (χ2n) is 4.37. The summed E-state index contributed by atoms with van der Waals surface area (Å²) in [6.07, 6.45) is 2.45. The van der Waals surface area contributed by atoms with E-state index >= 15 is 0 Å². The van der Waals surface area contributed by atoms with Crippen LogP contribution in [-0.2, 0) is 6.42 Å². The maximum atomic E-state index is 5.71. The molecule has 0 aromatic carbocycles. The molecule has 0 atom stereocenters. The van der Waals surface area contributed by atoms with Crippen molar-refractivity contribution in [1.29, 1.82) is 0 Å². The average molecular weight is 288 g/mol. The van der Waals surface area contributed by atoms with E-state index in [1.54, 1.807) is 6.20 Å². The van der Waals surface area contributed by atoms with Gasteiger partial charge in [0.05, 0.1) is 6.61 Å². The molecule has 7 heteroatoms. The van der Waals surface area contributed by atoms with Crippen molar-refractivity contribution >= 4 is 11.9 Å². The van der Waals surface area contributed by atoms with Crippen LogP contribution in [0.2, 0.25) is 0 Å². The van der Waals surface area contributed by atoms with Crippen molar-refractivity contribution in [2.24, 2.45) is 0 Å². The van der Waals surface area contributed by atoms with Crippen LogP contribution in [0.3, 0.4) is 0 Å². The van der Waals surface area contributed by atoms with Gasteiger partial charge in [-0.1, -0.05) is 6.07 Å². The molecule has 2 aromatic heterocycles. The van der Waals surface area contributed by atoms with Crippen molar-refractivity contribution in [2.75, 3.05) is 30.3 Å². The van der Waals surface area contributed by atoms with Crippen LogP contribution in [0.15, 0.2) is 24.4 Å². The van der Waals surface area contributed by atoms with Gasteiger partial charge >= 0.3 is 6.01 Å². The van der Waals surface area contributed by atoms with Crippen LogP contribution in [-0.4, -0.2) is 39.6 Å². The number of aromatic nitrogens is 4. The van der Waals surface area contributed by atoms with Crippen molar-refractivity contribution in [3.8, 4) is 6.01 Å². The molecule has 0 bridgehead atoms. The monoisotopic (exact) mass is 288 g/mol. The number of nitrogens with two attached hydrogens (primary N) is 1. The minimum absolute atomic E-state index is 0.166. The number of anilines is 2. The van der Waals surface area contributed by atoms with Crippen LogP contribution in [0, 0.1) is 0 Å². The Kier molecular flexibility index (Phi) is 5.25. The summed E-state index contributed by atoms with van der Waals surface area (Å²) in [5.41, 5.74) is 6.67. The van der Waals surface area contributed by atoms with Gasteiger partial charge in [0.25, 0.3) is 0 Å². The predicted octanol–water partition coefficient (Wildman–Crippen LogP) is 1.32. The molecular formula is C14H20N6O. The Labute approximate surface area is 124 Å². The lowest BCUT2D eigenvalue weighted by molar-refractivity contribution is 0.294. The summed E-state index contributed by atoms with van der Waals surface area (Å²) < 4.78 is 5.56. The van der Waals surface area contributed by atoms with Crippen molar-refractivity contribution in [2.45, 2.75) is 20.3 Å². The van der Waals surface area contributed by atoms with Gasteiger partial charge in [-0.05, 0) is 26.0 Å². The van der Waals surface area contributed by atoms with Crippen LogP contribution in [0.5, 0.6) is 6.01 Å². The Bertz CT molecular complexity index is 559. The first-order valence-electron chi connectivity index (χ1n) is 7.02. The third-order valence-corrected chi connectivity index (χ3v) is 2.98. The highest BCUT2D eigenvalue weighted by Gasteiger charge is 2.10. The number of rotatable bonds is 7. The number of ether oxygens (including phenoxy) is 1. The van der Waals surface area contributed by atoms with E-state index in [2.05, 4.69) is 19.9 Å². The summed E-state index contributed by atoms with van der Waals surface area (Å²) in [5, 5.41) is 0. The standard InChI is InChI=1S/C14H20N6O/c1-3-20(4-2)13-17-12(15)18-14(19-13)21-10-8-11-7-5-6-9-16-11/h5-7,9H,3-4,8,10H2,1-2H3,(H2,15,17,18,19). The summed E-state index contributed by atoms with van der Waals surface area (Å²) in [7, 11) is 0. The molecule has 0 spiro atoms. The van der Waals surface area contributed by atoms with Gasteiger partial charge in [0.2, 0.25) is 11.9 Å². The Morgan fingerprint density at radius 3 is 2.62 bits per heavy atom. The molecule has 0 saturated heterocycles. The van der Waals surface area contributed by atoms with Crippen molar-refractivity contribution in [3.05, 3.63) is 30.1 Å². The van der Waals surface area contributed by atoms with Crippen molar-refractivity contribution in [1.82, 2.24) is 19.9 Å². The molecule has 7 nitrogen and oxygen atoms in total. The molecular weight excluding hydrogens is 268 g/mol. The lowest BCUT2D eigenvalue weighted by Crippen LogP contribution is -2.25. The normalized spacial score (nSPS) is 10.4. The zero-order valence-corrected chi connectivity index (χ0v) is 12.4. The Balaban J connectivity index is 1.99. The fourth-order valence-electron chi connectivity index (χ4n) is 1.87. The van der Waals surface area contributed by atoms with E-state index in [0.29, 0.717) is 19.0 Å². The van der Waals surface area contributed by atoms with Crippen LogP contribution in [0.1, 0.15) is 19.5 Å². The Morgan fingerprint density at radius 1 is 1.14 bits per heavy atom. The average Bonchev–Trinajstić information content (AvgIpc) is 2.49. The molecule has 2 N–H and O–H groups in total. The molecule has 2 heterocycles. The van der Waals surface area contributed by atoms with E-state index in [0.717, 1.165) is 18.8 Å². The van der Waals surface area contributed by atoms with E-state index in [-0.39, 0.29) is 12.0 Å². The van der Waals surface area contributed by atoms with Crippen LogP contribution in [0.25, 0.3) is 0 Å². The highest BCUT2D eigenvalue weighted by molar-refractivity contribution is 5.35. The van der Waals surface area contributed by atoms with Gasteiger partial charge in [0.15, 0.2) is 0 Å². The second-order valence-corrected chi connectivity index (χ2v) is 4.37. The third kappa shape index (κ3) is 4.27. The molecule has 0 aliphatic heterocycles. The highest BCUT2D eigenvalue weighted by atomic mass is 16.5. The van der Waals surface area contributed by atoms with Gasteiger partial charge in [-0.3, -0.25) is 4.98 Å². The number of nitrogens with zero attached hydrogens (tertiary/aromatic N) is 5. The molecule has 2 aromatic rings. The highest BCUT2D eigenvalue weighted by Crippen LogP contribution is 2.13. The van der Waals surface area contributed by atoms with E-state index < -0.39 is 0 Å². The minimum atomic E-state index is 0.166. The van der Waals surface area contributed by atoms with Crippen LogP contribution >= 0.6 is 0 Å². The summed E-state index contributed by atoms with van der Waals surface area (Å²) in [6, 6.07) is 6.03. The molecule has 0 amide bonds. The zero-order valence-electron chi connectivity index (χ0n) is 12.4. The van der Waals surface area contributed by atoms with Gasteiger partial charge in [-0.2, -0.15) is 15.0 Å². The first kappa shape index (κ1) is 15.0. The SMILES string of the molecule is CCN(CC)c1nc(N)nc(OCCc2ccccn2)n1.